The van der Waals surface area contributed by atoms with Gasteiger partial charge >= 0.3 is 0 Å². The van der Waals surface area contributed by atoms with Crippen molar-refractivity contribution in [1.82, 2.24) is 5.32 Å². The molecule has 2 aliphatic heterocycles. The zero-order chi connectivity index (χ0) is 10.5. The van der Waals surface area contributed by atoms with Crippen LogP contribution in [0.4, 0.5) is 0 Å². The van der Waals surface area contributed by atoms with E-state index in [0.717, 1.165) is 18.7 Å². The maximum absolute atomic E-state index is 5.63. The van der Waals surface area contributed by atoms with Crippen LogP contribution in [0.5, 0.6) is 0 Å². The van der Waals surface area contributed by atoms with E-state index in [2.05, 4.69) is 15.3 Å². The second kappa shape index (κ2) is 4.93. The Labute approximate surface area is 88.9 Å². The number of hydrogen-bond donors (Lipinski definition) is 1. The van der Waals surface area contributed by atoms with Gasteiger partial charge in [-0.05, 0) is 18.9 Å². The minimum Gasteiger partial charge on any atom is -0.480 e. The smallest absolute Gasteiger partial charge is 0.176 e. The van der Waals surface area contributed by atoms with Crippen LogP contribution < -0.4 is 5.32 Å². The van der Waals surface area contributed by atoms with Gasteiger partial charge in [-0.15, -0.1) is 0 Å². The van der Waals surface area contributed by atoms with Gasteiger partial charge in [-0.3, -0.25) is 4.99 Å². The third-order valence-electron chi connectivity index (χ3n) is 2.37. The molecule has 0 amide bonds. The molecule has 1 saturated heterocycles. The Kier molecular flexibility index (Phi) is 3.34. The number of hydrogen-bond acceptors (Lipinski definition) is 5. The highest BCUT2D eigenvalue weighted by atomic mass is 16.5. The van der Waals surface area contributed by atoms with Gasteiger partial charge in [0.15, 0.2) is 6.40 Å². The van der Waals surface area contributed by atoms with Gasteiger partial charge in [0.2, 0.25) is 0 Å². The Morgan fingerprint density at radius 2 is 2.40 bits per heavy atom. The molecule has 2 atom stereocenters. The zero-order valence-corrected chi connectivity index (χ0v) is 8.72. The van der Waals surface area contributed by atoms with Crippen LogP contribution in [-0.2, 0) is 9.47 Å². The van der Waals surface area contributed by atoms with Gasteiger partial charge in [-0.25, -0.2) is 4.99 Å². The first-order valence-electron chi connectivity index (χ1n) is 5.09. The quantitative estimate of drug-likeness (QED) is 0.691. The van der Waals surface area contributed by atoms with Gasteiger partial charge < -0.3 is 14.8 Å². The third kappa shape index (κ3) is 2.79. The van der Waals surface area contributed by atoms with Crippen molar-refractivity contribution in [3.63, 3.8) is 0 Å². The first-order valence-corrected chi connectivity index (χ1v) is 5.09. The largest absolute Gasteiger partial charge is 0.480 e. The Hall–Kier alpha value is -1.36. The Morgan fingerprint density at radius 3 is 3.27 bits per heavy atom. The molecule has 2 aliphatic rings. The second-order valence-corrected chi connectivity index (χ2v) is 3.46. The molecule has 15 heavy (non-hydrogen) atoms. The van der Waals surface area contributed by atoms with Crippen LogP contribution in [0.2, 0.25) is 0 Å². The van der Waals surface area contributed by atoms with Crippen molar-refractivity contribution in [1.29, 1.82) is 0 Å². The van der Waals surface area contributed by atoms with E-state index in [1.165, 1.54) is 6.40 Å². The summed E-state index contributed by atoms with van der Waals surface area (Å²) in [5.74, 6) is 0.719. The highest BCUT2D eigenvalue weighted by molar-refractivity contribution is 5.72. The van der Waals surface area contributed by atoms with Gasteiger partial charge in [0.25, 0.3) is 0 Å². The molecule has 5 heteroatoms. The maximum Gasteiger partial charge on any atom is 0.176 e. The van der Waals surface area contributed by atoms with E-state index in [0.29, 0.717) is 6.61 Å². The number of nitrogens with zero attached hydrogens (tertiary/aromatic N) is 2. The first kappa shape index (κ1) is 10.2. The summed E-state index contributed by atoms with van der Waals surface area (Å²) in [5, 5.41) is 2.94. The second-order valence-electron chi connectivity index (χ2n) is 3.46. The molecule has 0 aromatic heterocycles. The molecule has 0 saturated carbocycles. The molecular weight excluding hydrogens is 194 g/mol. The monoisotopic (exact) mass is 209 g/mol. The van der Waals surface area contributed by atoms with Crippen molar-refractivity contribution < 1.29 is 9.47 Å². The topological polar surface area (TPSA) is 55.2 Å². The van der Waals surface area contributed by atoms with Gasteiger partial charge in [0.1, 0.15) is 18.7 Å². The van der Waals surface area contributed by atoms with Gasteiger partial charge in [-0.1, -0.05) is 0 Å². The minimum absolute atomic E-state index is 0.0222. The Morgan fingerprint density at radius 1 is 1.47 bits per heavy atom. The summed E-state index contributed by atoms with van der Waals surface area (Å²) in [6.45, 7) is 0.548. The predicted octanol–water partition coefficient (Wildman–Crippen LogP) is 0.682. The van der Waals surface area contributed by atoms with E-state index < -0.39 is 0 Å². The SMILES string of the molecule is CNC1=CC=NC2CCC(COC=N1)O2. The van der Waals surface area contributed by atoms with Crippen LogP contribution in [0.15, 0.2) is 21.9 Å². The third-order valence-corrected chi connectivity index (χ3v) is 2.37. The van der Waals surface area contributed by atoms with E-state index in [-0.39, 0.29) is 12.3 Å². The maximum atomic E-state index is 5.63. The van der Waals surface area contributed by atoms with E-state index in [9.17, 15) is 0 Å². The summed E-state index contributed by atoms with van der Waals surface area (Å²) >= 11 is 0. The zero-order valence-electron chi connectivity index (χ0n) is 8.72. The predicted molar refractivity (Wildman–Crippen MR) is 58.0 cm³/mol. The number of allylic oxidation sites excluding steroid dienone is 1. The molecule has 2 rings (SSSR count). The molecule has 5 nitrogen and oxygen atoms in total. The van der Waals surface area contributed by atoms with Gasteiger partial charge in [0, 0.05) is 13.3 Å². The average Bonchev–Trinajstić information content (AvgIpc) is 2.66. The number of rotatable bonds is 1. The molecule has 0 aliphatic carbocycles. The lowest BCUT2D eigenvalue weighted by Crippen LogP contribution is -2.15. The molecule has 2 heterocycles. The molecule has 82 valence electrons. The van der Waals surface area contributed by atoms with E-state index in [1.807, 2.05) is 0 Å². The lowest BCUT2D eigenvalue weighted by Gasteiger charge is -2.09. The summed E-state index contributed by atoms with van der Waals surface area (Å²) in [4.78, 5) is 8.38. The highest BCUT2D eigenvalue weighted by Gasteiger charge is 2.24. The molecule has 2 bridgehead atoms. The van der Waals surface area contributed by atoms with Crippen molar-refractivity contribution in [3.8, 4) is 0 Å². The number of aliphatic imine (C=N–C) groups is 2. The summed E-state index contributed by atoms with van der Waals surface area (Å²) < 4.78 is 10.9. The van der Waals surface area contributed by atoms with Crippen LogP contribution in [0.1, 0.15) is 12.8 Å². The summed E-state index contributed by atoms with van der Waals surface area (Å²) in [5.41, 5.74) is 0. The van der Waals surface area contributed by atoms with Gasteiger partial charge in [-0.2, -0.15) is 0 Å². The fourth-order valence-electron chi connectivity index (χ4n) is 1.56. The molecule has 0 aromatic rings. The minimum atomic E-state index is -0.0222. The molecule has 2 unspecified atom stereocenters. The molecule has 0 spiro atoms. The van der Waals surface area contributed by atoms with Crippen LogP contribution in [-0.4, -0.2) is 38.6 Å². The molecule has 0 radical (unpaired) electrons. The highest BCUT2D eigenvalue weighted by Crippen LogP contribution is 2.20. The lowest BCUT2D eigenvalue weighted by atomic mass is 10.2. The fourth-order valence-corrected chi connectivity index (χ4v) is 1.56. The van der Waals surface area contributed by atoms with Crippen molar-refractivity contribution >= 4 is 12.6 Å². The standard InChI is InChI=1S/C10H15N3O2/c1-11-9-4-5-12-10-3-2-8(15-10)6-14-7-13-9/h4-5,7-8,10-11H,2-3,6H2,1H3. The van der Waals surface area contributed by atoms with Crippen LogP contribution in [0, 0.1) is 0 Å². The van der Waals surface area contributed by atoms with E-state index in [4.69, 9.17) is 9.47 Å². The number of ether oxygens (including phenoxy) is 2. The van der Waals surface area contributed by atoms with Crippen molar-refractivity contribution in [2.24, 2.45) is 9.98 Å². The molecule has 0 aromatic carbocycles. The number of fused-ring (bicyclic) bond motifs is 2. The van der Waals surface area contributed by atoms with Crippen molar-refractivity contribution in [3.05, 3.63) is 11.9 Å². The van der Waals surface area contributed by atoms with Crippen LogP contribution >= 0.6 is 0 Å². The molecule has 1 fully saturated rings. The normalized spacial score (nSPS) is 30.3. The first-order chi connectivity index (χ1) is 7.38. The van der Waals surface area contributed by atoms with Crippen LogP contribution in [0.3, 0.4) is 0 Å². The molecular formula is C10H15N3O2. The Bertz CT molecular complexity index is 299. The van der Waals surface area contributed by atoms with Crippen molar-refractivity contribution in [2.75, 3.05) is 13.7 Å². The average molecular weight is 209 g/mol. The summed E-state index contributed by atoms with van der Waals surface area (Å²) in [7, 11) is 1.80. The summed E-state index contributed by atoms with van der Waals surface area (Å²) in [6.07, 6.45) is 7.05. The van der Waals surface area contributed by atoms with E-state index >= 15 is 0 Å². The lowest BCUT2D eigenvalue weighted by molar-refractivity contribution is 0.0214. The molecule has 1 N–H and O–H groups in total. The summed E-state index contributed by atoms with van der Waals surface area (Å²) in [6, 6.07) is 0. The van der Waals surface area contributed by atoms with Crippen LogP contribution in [0.25, 0.3) is 0 Å². The Balaban J connectivity index is 2.08. The van der Waals surface area contributed by atoms with Crippen molar-refractivity contribution in [2.45, 2.75) is 25.2 Å². The van der Waals surface area contributed by atoms with Gasteiger partial charge in [0.05, 0.1) is 6.10 Å². The van der Waals surface area contributed by atoms with E-state index in [1.54, 1.807) is 19.3 Å². The fraction of sp³-hybridized carbons (Fsp3) is 0.600. The number of nitrogens with one attached hydrogen (secondary N) is 1.